The van der Waals surface area contributed by atoms with Gasteiger partial charge in [0.15, 0.2) is 0 Å². The first-order valence-corrected chi connectivity index (χ1v) is 27.0. The van der Waals surface area contributed by atoms with E-state index in [0.29, 0.717) is 24.1 Å². The Morgan fingerprint density at radius 2 is 0.821 bits per heavy atom. The lowest BCUT2D eigenvalue weighted by molar-refractivity contribution is -0.870. The molecule has 0 N–H and O–H groups in total. The molecule has 0 aliphatic carbocycles. The Morgan fingerprint density at radius 3 is 1.22 bits per heavy atom. The highest BCUT2D eigenvalue weighted by Gasteiger charge is 2.20. The van der Waals surface area contributed by atoms with Gasteiger partial charge in [0.05, 0.1) is 34.4 Å². The Labute approximate surface area is 410 Å². The normalized spacial score (nSPS) is 14.8. The third-order valence-corrected chi connectivity index (χ3v) is 10.9. The molecule has 0 aliphatic heterocycles. The highest BCUT2D eigenvalue weighted by Crippen LogP contribution is 2.38. The summed E-state index contributed by atoms with van der Waals surface area (Å²) in [5.74, 6) is -0.427. The molecule has 0 aromatic carbocycles. The topological polar surface area (TPSA) is 94.1 Å². The van der Waals surface area contributed by atoms with Gasteiger partial charge in [0.1, 0.15) is 19.3 Å². The number of hydrogen-bond acceptors (Lipinski definition) is 7. The third kappa shape index (κ3) is 53.2. The molecule has 0 rings (SSSR count). The molecular weight excluding hydrogens is 854 g/mol. The van der Waals surface area contributed by atoms with Gasteiger partial charge in [-0.05, 0) is 103 Å². The van der Waals surface area contributed by atoms with Crippen LogP contribution in [0.3, 0.4) is 0 Å². The summed E-state index contributed by atoms with van der Waals surface area (Å²) >= 11 is 0. The molecular formula is C58H94NO7P. The molecule has 0 fully saturated rings. The molecule has 8 nitrogen and oxygen atoms in total. The second-order valence-corrected chi connectivity index (χ2v) is 18.8. The summed E-state index contributed by atoms with van der Waals surface area (Å²) in [6, 6.07) is 0. The molecule has 0 saturated heterocycles. The quantitative estimate of drug-likeness (QED) is 0.0197. The van der Waals surface area contributed by atoms with Crippen LogP contribution < -0.4 is 4.89 Å². The van der Waals surface area contributed by atoms with Gasteiger partial charge in [-0.2, -0.15) is 0 Å². The number of ether oxygens (including phenoxy) is 2. The second kappa shape index (κ2) is 48.8. The van der Waals surface area contributed by atoms with Crippen LogP contribution in [0.2, 0.25) is 0 Å². The van der Waals surface area contributed by atoms with Gasteiger partial charge >= 0.3 is 5.97 Å². The summed E-state index contributed by atoms with van der Waals surface area (Å²) < 4.78 is 34.6. The number of phosphoric acid groups is 1. The van der Waals surface area contributed by atoms with Crippen LogP contribution in [-0.2, 0) is 27.9 Å². The average molecular weight is 948 g/mol. The molecule has 2 atom stereocenters. The lowest BCUT2D eigenvalue weighted by Crippen LogP contribution is -2.37. The van der Waals surface area contributed by atoms with E-state index < -0.39 is 19.9 Å². The van der Waals surface area contributed by atoms with E-state index in [1.807, 2.05) is 33.3 Å². The molecule has 0 bridgehead atoms. The predicted octanol–water partition coefficient (Wildman–Crippen LogP) is 15.4. The van der Waals surface area contributed by atoms with Gasteiger partial charge < -0.3 is 27.9 Å². The van der Waals surface area contributed by atoms with E-state index in [-0.39, 0.29) is 26.2 Å². The lowest BCUT2D eigenvalue weighted by Gasteiger charge is -2.28. The van der Waals surface area contributed by atoms with Crippen LogP contribution in [0.25, 0.3) is 0 Å². The Balaban J connectivity index is 4.31. The molecule has 67 heavy (non-hydrogen) atoms. The number of unbranched alkanes of at least 4 members (excludes halogenated alkanes) is 7. The SMILES string of the molecule is CC/C=C\C/C=C\C/C=C\C/C=C\C/C=C\C/C=C\CCCCCCCCCOCC(COP(=O)([O-])OCC[N+](C)(C)C)OC(=O)CC/C=C\C/C=C\C/C=C\C/C=C\C/C=C\C/C=C\CC. The van der Waals surface area contributed by atoms with Gasteiger partial charge in [0.2, 0.25) is 0 Å². The average Bonchev–Trinajstić information content (AvgIpc) is 3.29. The highest BCUT2D eigenvalue weighted by atomic mass is 31.2. The van der Waals surface area contributed by atoms with Crippen molar-refractivity contribution in [3.63, 3.8) is 0 Å². The van der Waals surface area contributed by atoms with E-state index in [1.165, 1.54) is 25.7 Å². The summed E-state index contributed by atoms with van der Waals surface area (Å²) in [6.07, 6.45) is 73.2. The number of hydrogen-bond donors (Lipinski definition) is 0. The first-order chi connectivity index (χ1) is 32.6. The summed E-state index contributed by atoms with van der Waals surface area (Å²) in [7, 11) is 1.27. The van der Waals surface area contributed by atoms with Crippen molar-refractivity contribution in [2.45, 2.75) is 161 Å². The number of carbonyl (C=O) groups excluding carboxylic acids is 1. The van der Waals surface area contributed by atoms with E-state index in [4.69, 9.17) is 18.5 Å². The molecule has 9 heteroatoms. The maximum atomic E-state index is 12.7. The van der Waals surface area contributed by atoms with E-state index in [2.05, 4.69) is 148 Å². The van der Waals surface area contributed by atoms with Gasteiger partial charge in [-0.15, -0.1) is 0 Å². The van der Waals surface area contributed by atoms with Crippen LogP contribution in [0.5, 0.6) is 0 Å². The monoisotopic (exact) mass is 948 g/mol. The molecule has 0 aromatic rings. The second-order valence-electron chi connectivity index (χ2n) is 17.4. The first kappa shape index (κ1) is 63.4. The smallest absolute Gasteiger partial charge is 0.306 e. The minimum atomic E-state index is -4.57. The minimum absolute atomic E-state index is 0.000660. The molecule has 0 aromatic heterocycles. The Hall–Kier alpha value is -3.62. The molecule has 0 radical (unpaired) electrons. The summed E-state index contributed by atoms with van der Waals surface area (Å²) in [4.78, 5) is 25.1. The summed E-state index contributed by atoms with van der Waals surface area (Å²) in [5, 5.41) is 0. The van der Waals surface area contributed by atoms with Gasteiger partial charge in [-0.3, -0.25) is 9.36 Å². The molecule has 0 amide bonds. The van der Waals surface area contributed by atoms with Crippen molar-refractivity contribution in [1.82, 2.24) is 0 Å². The van der Waals surface area contributed by atoms with Crippen LogP contribution in [-0.4, -0.2) is 70.7 Å². The van der Waals surface area contributed by atoms with Gasteiger partial charge in [0, 0.05) is 13.0 Å². The van der Waals surface area contributed by atoms with Crippen molar-refractivity contribution < 1.29 is 37.3 Å². The van der Waals surface area contributed by atoms with Crippen LogP contribution in [0.4, 0.5) is 0 Å². The van der Waals surface area contributed by atoms with Crippen molar-refractivity contribution in [1.29, 1.82) is 0 Å². The van der Waals surface area contributed by atoms with E-state index in [1.54, 1.807) is 0 Å². The number of carbonyl (C=O) groups is 1. The van der Waals surface area contributed by atoms with E-state index in [0.717, 1.165) is 103 Å². The van der Waals surface area contributed by atoms with Crippen molar-refractivity contribution >= 4 is 13.8 Å². The van der Waals surface area contributed by atoms with Crippen molar-refractivity contribution in [3.8, 4) is 0 Å². The fourth-order valence-corrected chi connectivity index (χ4v) is 6.77. The van der Waals surface area contributed by atoms with Crippen LogP contribution in [0.15, 0.2) is 146 Å². The zero-order chi connectivity index (χ0) is 49.0. The van der Waals surface area contributed by atoms with Crippen LogP contribution in [0.1, 0.15) is 155 Å². The third-order valence-electron chi connectivity index (χ3n) is 9.90. The van der Waals surface area contributed by atoms with Gasteiger partial charge in [-0.1, -0.05) is 192 Å². The standard InChI is InChI=1S/C58H94NO7P/c1-6-8-10-12-14-16-18-20-22-24-26-27-28-29-30-31-32-34-36-38-40-42-44-46-48-50-53-63-55-57(56-65-67(61,62)64-54-52-59(3,4)5)66-58(60)51-49-47-45-43-41-39-37-35-33-25-23-21-19-17-15-13-11-9-7-2/h8-11,14-17,20-23,26-27,29-30,32-35,39,41,45,47,57H,6-7,12-13,18-19,24-25,28,31,36-38,40,42-44,46,48-56H2,1-5H3/b10-8-,11-9-,16-14-,17-15-,22-20-,23-21-,27-26-,30-29-,34-32-,35-33-,41-39-,47-45-. The van der Waals surface area contributed by atoms with Crippen molar-refractivity contribution in [3.05, 3.63) is 146 Å². The molecule has 378 valence electrons. The molecule has 0 spiro atoms. The lowest BCUT2D eigenvalue weighted by atomic mass is 10.1. The maximum absolute atomic E-state index is 12.7. The number of likely N-dealkylation sites (N-methyl/N-ethyl adjacent to an activating group) is 1. The number of allylic oxidation sites excluding steroid dienone is 24. The molecule has 0 heterocycles. The minimum Gasteiger partial charge on any atom is -0.756 e. The molecule has 0 aliphatic rings. The zero-order valence-corrected chi connectivity index (χ0v) is 43.7. The fraction of sp³-hybridized carbons (Fsp3) is 0.569. The predicted molar refractivity (Wildman–Crippen MR) is 286 cm³/mol. The maximum Gasteiger partial charge on any atom is 0.306 e. The first-order valence-electron chi connectivity index (χ1n) is 25.6. The van der Waals surface area contributed by atoms with Crippen LogP contribution in [0, 0.1) is 0 Å². The summed E-state index contributed by atoms with van der Waals surface area (Å²) in [6.45, 7) is 5.01. The largest absolute Gasteiger partial charge is 0.756 e. The van der Waals surface area contributed by atoms with E-state index >= 15 is 0 Å². The van der Waals surface area contributed by atoms with E-state index in [9.17, 15) is 14.3 Å². The number of phosphoric ester groups is 1. The van der Waals surface area contributed by atoms with Gasteiger partial charge in [-0.25, -0.2) is 0 Å². The van der Waals surface area contributed by atoms with Crippen molar-refractivity contribution in [2.75, 3.05) is 54.1 Å². The number of quaternary nitrogens is 1. The zero-order valence-electron chi connectivity index (χ0n) is 42.8. The summed E-state index contributed by atoms with van der Waals surface area (Å²) in [5.41, 5.74) is 0. The number of esters is 1. The Kier molecular flexibility index (Phi) is 46.2. The van der Waals surface area contributed by atoms with Gasteiger partial charge in [0.25, 0.3) is 7.82 Å². The highest BCUT2D eigenvalue weighted by molar-refractivity contribution is 7.45. The fourth-order valence-electron chi connectivity index (χ4n) is 6.04. The Bertz CT molecular complexity index is 1570. The molecule has 0 saturated carbocycles. The number of nitrogens with zero attached hydrogens (tertiary/aromatic N) is 1. The molecule has 2 unspecified atom stereocenters. The van der Waals surface area contributed by atoms with Crippen LogP contribution >= 0.6 is 7.82 Å². The Morgan fingerprint density at radius 1 is 0.463 bits per heavy atom. The number of rotatable bonds is 45. The van der Waals surface area contributed by atoms with Crippen molar-refractivity contribution in [2.24, 2.45) is 0 Å².